The average molecular weight is 957 g/mol. The monoisotopic (exact) mass is 956 g/mol. The van der Waals surface area contributed by atoms with E-state index in [0.29, 0.717) is 17.8 Å². The summed E-state index contributed by atoms with van der Waals surface area (Å²) < 4.78 is 31.3. The number of benzene rings is 2. The van der Waals surface area contributed by atoms with Gasteiger partial charge < -0.3 is 46.9 Å². The minimum Gasteiger partial charge on any atom is -0.481 e. The summed E-state index contributed by atoms with van der Waals surface area (Å²) in [6, 6.07) is 10.1. The Kier molecular flexibility index (Phi) is 21.9. The molecule has 0 fully saturated rings. The minimum atomic E-state index is -1.27. The van der Waals surface area contributed by atoms with Crippen molar-refractivity contribution < 1.29 is 62.5 Å². The number of nitrogens with one attached hydrogen (secondary N) is 2. The van der Waals surface area contributed by atoms with Crippen molar-refractivity contribution in [3.63, 3.8) is 0 Å². The highest BCUT2D eigenvalue weighted by Gasteiger charge is 2.37. The van der Waals surface area contributed by atoms with E-state index in [9.17, 15) is 58.1 Å². The van der Waals surface area contributed by atoms with Crippen LogP contribution in [0.5, 0.6) is 0 Å². The predicted molar refractivity (Wildman–Crippen MR) is 246 cm³/mol. The number of ketones is 3. The van der Waals surface area contributed by atoms with Crippen LogP contribution < -0.4 is 22.1 Å². The summed E-state index contributed by atoms with van der Waals surface area (Å²) in [4.78, 5) is 101. The highest BCUT2D eigenvalue weighted by atomic mass is 32.2. The van der Waals surface area contributed by atoms with E-state index in [1.54, 1.807) is 12.3 Å². The predicted octanol–water partition coefficient (Wildman–Crippen LogP) is 3.76. The number of carbonyl (C=O) groups excluding carboxylic acids is 6. The van der Waals surface area contributed by atoms with Crippen LogP contribution in [0.3, 0.4) is 0 Å². The van der Waals surface area contributed by atoms with Gasteiger partial charge in [0.2, 0.25) is 17.7 Å². The van der Waals surface area contributed by atoms with Crippen LogP contribution in [0.4, 0.5) is 8.78 Å². The molecule has 0 saturated carbocycles. The number of aliphatic hydroxyl groups is 1. The highest BCUT2D eigenvalue weighted by Crippen LogP contribution is 2.41. The number of nitrogens with two attached hydrogens (primary N) is 2. The number of carbonyl (C=O) groups is 8. The summed E-state index contributed by atoms with van der Waals surface area (Å²) in [6.07, 6.45) is -0.614. The fraction of sp³-hybridized carbons (Fsp3) is 0.489. The van der Waals surface area contributed by atoms with Crippen LogP contribution in [0.1, 0.15) is 96.4 Å². The molecule has 67 heavy (non-hydrogen) atoms. The summed E-state index contributed by atoms with van der Waals surface area (Å²) in [7, 11) is 0. The highest BCUT2D eigenvalue weighted by molar-refractivity contribution is 8.00. The van der Waals surface area contributed by atoms with Gasteiger partial charge in [-0.2, -0.15) is 0 Å². The zero-order chi connectivity index (χ0) is 50.0. The van der Waals surface area contributed by atoms with E-state index in [-0.39, 0.29) is 62.3 Å². The van der Waals surface area contributed by atoms with E-state index in [1.807, 2.05) is 55.7 Å². The Morgan fingerprint density at radius 1 is 0.851 bits per heavy atom. The largest absolute Gasteiger partial charge is 0.481 e. The van der Waals surface area contributed by atoms with E-state index in [4.69, 9.17) is 11.5 Å². The van der Waals surface area contributed by atoms with E-state index in [0.717, 1.165) is 35.5 Å². The van der Waals surface area contributed by atoms with Crippen LogP contribution in [0.2, 0.25) is 0 Å². The standard InChI is InChI=1S/C47H62F2N6O11S/c1-28(57)35(51)27-67-40(23-44(64)65)39(59)15-16-41(60)53-36(14-17-43(62)63)38(58)11-8-19-52-46(66)34(50)18-20-55(42(61)26-56)45(47(2,3)4)37-21-30(32-22-31(48)12-13-33(32)49)25-54(37)24-29-9-6-5-7-10-29/h5-7,9-10,12-13,21-22,25,34-36,40,45,56H,8,11,14-20,23-24,26-27,50-51H2,1-4H3,(H,52,66)(H,53,60)(H,62,63)(H,64,65)/t34-,35-,36+,40+,45-/m0/s1. The second kappa shape index (κ2) is 26.5. The SMILES string of the molecule is CC(=O)[C@@H](N)CS[C@H](CC(=O)O)C(=O)CCC(=O)N[C@H](CCC(=O)O)C(=O)CCCNC(=O)[C@@H](N)CCN(C(=O)CO)[C@@H](c1cc(-c2cc(F)ccc2F)cn1Cc1ccccc1)C(C)(C)C. The minimum absolute atomic E-state index is 0.00999. The Balaban J connectivity index is 1.67. The number of hydrogen-bond donors (Lipinski definition) is 7. The Labute approximate surface area is 392 Å². The van der Waals surface area contributed by atoms with E-state index >= 15 is 4.39 Å². The quantitative estimate of drug-likeness (QED) is 0.0488. The first-order chi connectivity index (χ1) is 31.5. The summed E-state index contributed by atoms with van der Waals surface area (Å²) in [6.45, 7) is 6.18. The van der Waals surface area contributed by atoms with Gasteiger partial charge in [-0.25, -0.2) is 8.78 Å². The summed E-state index contributed by atoms with van der Waals surface area (Å²) in [5, 5.41) is 32.7. The first-order valence-electron chi connectivity index (χ1n) is 21.8. The van der Waals surface area contributed by atoms with Gasteiger partial charge in [0.15, 0.2) is 5.78 Å². The van der Waals surface area contributed by atoms with Crippen molar-refractivity contribution in [1.29, 1.82) is 0 Å². The van der Waals surface area contributed by atoms with Crippen molar-refractivity contribution in [2.24, 2.45) is 16.9 Å². The molecule has 9 N–H and O–H groups in total. The summed E-state index contributed by atoms with van der Waals surface area (Å²) in [5.41, 5.74) is 13.1. The Hall–Kier alpha value is -5.83. The van der Waals surface area contributed by atoms with Gasteiger partial charge in [-0.15, -0.1) is 11.8 Å². The number of aliphatic carboxylic acids is 2. The summed E-state index contributed by atoms with van der Waals surface area (Å²) in [5.74, 6) is -7.28. The first-order valence-corrected chi connectivity index (χ1v) is 22.9. The fourth-order valence-corrected chi connectivity index (χ4v) is 8.53. The topological polar surface area (TPSA) is 282 Å². The maximum Gasteiger partial charge on any atom is 0.304 e. The van der Waals surface area contributed by atoms with Crippen molar-refractivity contribution in [3.8, 4) is 11.1 Å². The number of aromatic nitrogens is 1. The Bertz CT molecular complexity index is 2220. The van der Waals surface area contributed by atoms with Gasteiger partial charge in [0.05, 0.1) is 35.8 Å². The molecule has 1 aromatic heterocycles. The van der Waals surface area contributed by atoms with Gasteiger partial charge in [-0.3, -0.25) is 38.4 Å². The molecule has 17 nitrogen and oxygen atoms in total. The fourth-order valence-electron chi connectivity index (χ4n) is 7.30. The lowest BCUT2D eigenvalue weighted by Crippen LogP contribution is -2.47. The van der Waals surface area contributed by atoms with E-state index in [2.05, 4.69) is 10.6 Å². The molecule has 3 rings (SSSR count). The normalized spacial score (nSPS) is 13.7. The zero-order valence-corrected chi connectivity index (χ0v) is 39.0. The van der Waals surface area contributed by atoms with Crippen molar-refractivity contribution in [2.45, 2.75) is 115 Å². The third-order valence-electron chi connectivity index (χ3n) is 10.8. The van der Waals surface area contributed by atoms with Crippen LogP contribution in [0.25, 0.3) is 11.1 Å². The van der Waals surface area contributed by atoms with Gasteiger partial charge >= 0.3 is 11.9 Å². The van der Waals surface area contributed by atoms with Gasteiger partial charge in [0.25, 0.3) is 0 Å². The second-order valence-electron chi connectivity index (χ2n) is 17.3. The number of amides is 3. The molecule has 0 aliphatic rings. The molecule has 0 unspecified atom stereocenters. The van der Waals surface area contributed by atoms with Crippen LogP contribution >= 0.6 is 11.8 Å². The lowest BCUT2D eigenvalue weighted by Gasteiger charge is -2.41. The number of carboxylic acid groups (broad SMARTS) is 2. The molecular formula is C47H62F2N6O11S. The molecule has 0 aliphatic heterocycles. The average Bonchev–Trinajstić information content (AvgIpc) is 3.67. The van der Waals surface area contributed by atoms with Crippen molar-refractivity contribution in [1.82, 2.24) is 20.1 Å². The van der Waals surface area contributed by atoms with E-state index in [1.165, 1.54) is 11.8 Å². The molecule has 0 bridgehead atoms. The van der Waals surface area contributed by atoms with Crippen molar-refractivity contribution >= 4 is 58.8 Å². The number of rotatable bonds is 29. The number of hydrogen-bond acceptors (Lipinski definition) is 12. The maximum absolute atomic E-state index is 15.1. The molecule has 1 heterocycles. The maximum atomic E-state index is 15.1. The third kappa shape index (κ3) is 18.1. The number of aliphatic hydroxyl groups excluding tert-OH is 1. The molecule has 0 aliphatic carbocycles. The molecule has 3 amide bonds. The molecule has 20 heteroatoms. The Morgan fingerprint density at radius 3 is 2.15 bits per heavy atom. The van der Waals surface area contributed by atoms with Crippen molar-refractivity contribution in [2.75, 3.05) is 25.4 Å². The van der Waals surface area contributed by atoms with Crippen LogP contribution in [-0.2, 0) is 44.9 Å². The third-order valence-corrected chi connectivity index (χ3v) is 12.2. The van der Waals surface area contributed by atoms with Gasteiger partial charge in [0, 0.05) is 74.1 Å². The van der Waals surface area contributed by atoms with Crippen molar-refractivity contribution in [3.05, 3.63) is 83.7 Å². The molecule has 0 spiro atoms. The molecular weight excluding hydrogens is 895 g/mol. The molecule has 0 saturated heterocycles. The van der Waals surface area contributed by atoms with Gasteiger partial charge in [-0.05, 0) is 61.4 Å². The van der Waals surface area contributed by atoms with Gasteiger partial charge in [-0.1, -0.05) is 51.1 Å². The molecule has 2 aromatic carbocycles. The number of Topliss-reactive ketones (excluding diaryl/α,β-unsaturated/α-hetero) is 3. The number of thioether (sulfide) groups is 1. The van der Waals surface area contributed by atoms with Crippen LogP contribution in [0, 0.1) is 17.0 Å². The number of carboxylic acids is 2. The smallest absolute Gasteiger partial charge is 0.304 e. The molecule has 366 valence electrons. The second-order valence-corrected chi connectivity index (χ2v) is 18.6. The number of nitrogens with zero attached hydrogens (tertiary/aromatic N) is 2. The molecule has 3 aromatic rings. The zero-order valence-electron chi connectivity index (χ0n) is 38.2. The van der Waals surface area contributed by atoms with Gasteiger partial charge in [0.1, 0.15) is 29.8 Å². The van der Waals surface area contributed by atoms with E-state index < -0.39 is 114 Å². The first kappa shape index (κ1) is 55.5. The summed E-state index contributed by atoms with van der Waals surface area (Å²) >= 11 is 0.890. The Morgan fingerprint density at radius 2 is 1.54 bits per heavy atom. The van der Waals surface area contributed by atoms with Crippen LogP contribution in [-0.4, -0.2) is 121 Å². The molecule has 0 radical (unpaired) electrons. The molecule has 5 atom stereocenters. The lowest BCUT2D eigenvalue weighted by atomic mass is 9.82. The van der Waals surface area contributed by atoms with Crippen LogP contribution in [0.15, 0.2) is 60.8 Å². The lowest BCUT2D eigenvalue weighted by molar-refractivity contribution is -0.140. The number of halogens is 2.